The predicted molar refractivity (Wildman–Crippen MR) is 62.5 cm³/mol. The molecule has 1 aromatic rings. The van der Waals surface area contributed by atoms with Gasteiger partial charge < -0.3 is 5.32 Å². The summed E-state index contributed by atoms with van der Waals surface area (Å²) in [6.45, 7) is 1.15. The van der Waals surface area contributed by atoms with E-state index in [-0.39, 0.29) is 27.4 Å². The molecule has 0 saturated carbocycles. The third-order valence-electron chi connectivity index (χ3n) is 1.77. The Bertz CT molecular complexity index is 458. The number of nitrogens with one attached hydrogen (secondary N) is 1. The van der Waals surface area contributed by atoms with Crippen molar-refractivity contribution in [2.45, 2.75) is 23.7 Å². The molecule has 100 valence electrons. The first kappa shape index (κ1) is 15.1. The van der Waals surface area contributed by atoms with E-state index in [0.717, 1.165) is 19.1 Å². The highest BCUT2D eigenvalue weighted by molar-refractivity contribution is 8.00. The van der Waals surface area contributed by atoms with Crippen LogP contribution in [0.1, 0.15) is 6.92 Å². The van der Waals surface area contributed by atoms with Gasteiger partial charge in [-0.1, -0.05) is 23.4 Å². The lowest BCUT2D eigenvalue weighted by molar-refractivity contribution is -0.114. The minimum Gasteiger partial charge on any atom is -0.324 e. The first-order chi connectivity index (χ1) is 8.31. The van der Waals surface area contributed by atoms with Crippen LogP contribution in [0.25, 0.3) is 0 Å². The van der Waals surface area contributed by atoms with Gasteiger partial charge in [-0.25, -0.2) is 17.6 Å². The highest BCUT2D eigenvalue weighted by atomic mass is 35.5. The zero-order valence-electron chi connectivity index (χ0n) is 9.02. The van der Waals surface area contributed by atoms with Crippen LogP contribution in [0.2, 0.25) is 5.02 Å². The molecule has 0 saturated heterocycles. The molecule has 0 radical (unpaired) electrons. The van der Waals surface area contributed by atoms with Crippen molar-refractivity contribution in [2.75, 3.05) is 5.32 Å². The van der Waals surface area contributed by atoms with Gasteiger partial charge in [0.05, 0.1) is 10.7 Å². The molecule has 2 nitrogen and oxygen atoms in total. The summed E-state index contributed by atoms with van der Waals surface area (Å²) < 4.78 is 50.3. The van der Waals surface area contributed by atoms with Gasteiger partial charge in [-0.15, -0.1) is 0 Å². The topological polar surface area (TPSA) is 29.1 Å². The fourth-order valence-corrected chi connectivity index (χ4v) is 2.06. The van der Waals surface area contributed by atoms with Gasteiger partial charge >= 0.3 is 0 Å². The number of benzene rings is 1. The summed E-state index contributed by atoms with van der Waals surface area (Å²) in [7, 11) is 0. The van der Waals surface area contributed by atoms with Crippen molar-refractivity contribution in [3.8, 4) is 0 Å². The number of halogens is 5. The second kappa shape index (κ2) is 6.29. The summed E-state index contributed by atoms with van der Waals surface area (Å²) in [4.78, 5) is 10.7. The maximum absolute atomic E-state index is 13.3. The van der Waals surface area contributed by atoms with E-state index in [2.05, 4.69) is 5.32 Å². The van der Waals surface area contributed by atoms with Gasteiger partial charge in [0.2, 0.25) is 11.4 Å². The fourth-order valence-electron chi connectivity index (χ4n) is 1.08. The molecule has 1 N–H and O–H groups in total. The summed E-state index contributed by atoms with van der Waals surface area (Å²) in [5, 5.41) is 1.95. The molecule has 8 heteroatoms. The number of thioether (sulfide) groups is 1. The summed E-state index contributed by atoms with van der Waals surface area (Å²) in [5.41, 5.74) is -2.71. The molecule has 18 heavy (non-hydrogen) atoms. The molecule has 0 aliphatic rings. The van der Waals surface area contributed by atoms with E-state index in [1.807, 2.05) is 0 Å². The number of alkyl halides is 3. The number of anilines is 1. The molecule has 0 spiro atoms. The van der Waals surface area contributed by atoms with E-state index < -0.39 is 23.7 Å². The minimum absolute atomic E-state index is 0.0744. The molecular formula is C10H8ClF4NOS. The van der Waals surface area contributed by atoms with Crippen LogP contribution in [0, 0.1) is 5.82 Å². The Morgan fingerprint density at radius 1 is 1.39 bits per heavy atom. The van der Waals surface area contributed by atoms with E-state index >= 15 is 0 Å². The van der Waals surface area contributed by atoms with Crippen LogP contribution in [0.5, 0.6) is 0 Å². The average molecular weight is 302 g/mol. The van der Waals surface area contributed by atoms with Crippen molar-refractivity contribution in [3.63, 3.8) is 0 Å². The van der Waals surface area contributed by atoms with Gasteiger partial charge in [-0.3, -0.25) is 4.79 Å². The maximum Gasteiger partial charge on any atom is 0.278 e. The van der Waals surface area contributed by atoms with Crippen LogP contribution in [0.3, 0.4) is 0 Å². The molecule has 0 heterocycles. The molecule has 0 aromatic heterocycles. The lowest BCUT2D eigenvalue weighted by Crippen LogP contribution is -2.09. The fraction of sp³-hybridized carbons (Fsp3) is 0.300. The van der Waals surface area contributed by atoms with Gasteiger partial charge in [-0.2, -0.15) is 0 Å². The summed E-state index contributed by atoms with van der Waals surface area (Å²) >= 11 is 5.76. The lowest BCUT2D eigenvalue weighted by Gasteiger charge is -2.11. The van der Waals surface area contributed by atoms with Gasteiger partial charge in [0.25, 0.3) is 6.43 Å². The third kappa shape index (κ3) is 4.06. The highest BCUT2D eigenvalue weighted by Gasteiger charge is 2.22. The van der Waals surface area contributed by atoms with Crippen molar-refractivity contribution in [3.05, 3.63) is 23.0 Å². The number of hydrogen-bond donors (Lipinski definition) is 1. The third-order valence-corrected chi connectivity index (χ3v) is 3.22. The maximum atomic E-state index is 13.3. The van der Waals surface area contributed by atoms with Gasteiger partial charge in [-0.05, 0) is 12.1 Å². The predicted octanol–water partition coefficient (Wildman–Crippen LogP) is 4.09. The summed E-state index contributed by atoms with van der Waals surface area (Å²) in [5.74, 6) is -1.37. The van der Waals surface area contributed by atoms with Crippen molar-refractivity contribution in [1.29, 1.82) is 0 Å². The van der Waals surface area contributed by atoms with Crippen LogP contribution in [-0.4, -0.2) is 17.8 Å². The Hall–Kier alpha value is -0.950. The summed E-state index contributed by atoms with van der Waals surface area (Å²) in [6.07, 6.45) is -3.18. The summed E-state index contributed by atoms with van der Waals surface area (Å²) in [6, 6.07) is 1.84. The Labute approximate surface area is 110 Å². The van der Waals surface area contributed by atoms with Crippen molar-refractivity contribution >= 4 is 35.0 Å². The van der Waals surface area contributed by atoms with Crippen LogP contribution < -0.4 is 5.32 Å². The van der Waals surface area contributed by atoms with E-state index in [1.54, 1.807) is 0 Å². The molecule has 1 atom stereocenters. The number of hydrogen-bond acceptors (Lipinski definition) is 2. The van der Waals surface area contributed by atoms with Crippen LogP contribution in [0.4, 0.5) is 23.2 Å². The smallest absolute Gasteiger partial charge is 0.278 e. The Morgan fingerprint density at radius 2 is 2.00 bits per heavy atom. The molecule has 0 aliphatic carbocycles. The number of amides is 1. The monoisotopic (exact) mass is 301 g/mol. The van der Waals surface area contributed by atoms with Crippen LogP contribution in [-0.2, 0) is 4.79 Å². The zero-order chi connectivity index (χ0) is 13.9. The molecule has 0 fully saturated rings. The quantitative estimate of drug-likeness (QED) is 0.670. The molecule has 1 aromatic carbocycles. The van der Waals surface area contributed by atoms with Gasteiger partial charge in [0.15, 0.2) is 0 Å². The molecule has 0 bridgehead atoms. The van der Waals surface area contributed by atoms with Crippen molar-refractivity contribution in [1.82, 2.24) is 0 Å². The van der Waals surface area contributed by atoms with Crippen LogP contribution in [0.15, 0.2) is 17.0 Å². The molecule has 1 amide bonds. The largest absolute Gasteiger partial charge is 0.324 e. The first-order valence-electron chi connectivity index (χ1n) is 4.66. The van der Waals surface area contributed by atoms with E-state index in [1.165, 1.54) is 0 Å². The second-order valence-corrected chi connectivity index (χ2v) is 4.78. The van der Waals surface area contributed by atoms with Gasteiger partial charge in [0, 0.05) is 11.8 Å². The Morgan fingerprint density at radius 3 is 2.50 bits per heavy atom. The standard InChI is InChI=1S/C10H8ClF4NOS/c1-4(17)16-7-3-8(5(11)2-6(7)12)18-10(15)9(13)14/h2-3,9-10H,1H3,(H,16,17). The normalized spacial score (nSPS) is 12.6. The number of rotatable bonds is 4. The van der Waals surface area contributed by atoms with Gasteiger partial charge in [0.1, 0.15) is 5.82 Å². The Balaban J connectivity index is 3.01. The van der Waals surface area contributed by atoms with E-state index in [0.29, 0.717) is 0 Å². The number of carbonyl (C=O) groups excluding carboxylic acids is 1. The average Bonchev–Trinajstić information content (AvgIpc) is 2.24. The zero-order valence-corrected chi connectivity index (χ0v) is 10.6. The van der Waals surface area contributed by atoms with E-state index in [4.69, 9.17) is 11.6 Å². The number of carbonyl (C=O) groups is 1. The van der Waals surface area contributed by atoms with Crippen LogP contribution >= 0.6 is 23.4 Å². The molecular weight excluding hydrogens is 294 g/mol. The molecule has 1 unspecified atom stereocenters. The first-order valence-corrected chi connectivity index (χ1v) is 5.92. The lowest BCUT2D eigenvalue weighted by atomic mass is 10.3. The van der Waals surface area contributed by atoms with E-state index in [9.17, 15) is 22.4 Å². The second-order valence-electron chi connectivity index (χ2n) is 3.25. The Kier molecular flexibility index (Phi) is 5.28. The SMILES string of the molecule is CC(=O)Nc1cc(SC(F)C(F)F)c(Cl)cc1F. The molecule has 1 rings (SSSR count). The minimum atomic E-state index is -3.18. The molecule has 0 aliphatic heterocycles. The highest BCUT2D eigenvalue weighted by Crippen LogP contribution is 2.36. The van der Waals surface area contributed by atoms with Crippen molar-refractivity contribution in [2.24, 2.45) is 0 Å². The van der Waals surface area contributed by atoms with Crippen molar-refractivity contribution < 1.29 is 22.4 Å².